The molecule has 136 valence electrons. The lowest BCUT2D eigenvalue weighted by atomic mass is 9.86. The second-order valence-electron chi connectivity index (χ2n) is 6.77. The highest BCUT2D eigenvalue weighted by atomic mass is 16.6. The van der Waals surface area contributed by atoms with E-state index in [1.807, 2.05) is 6.92 Å². The lowest BCUT2D eigenvalue weighted by Crippen LogP contribution is -2.35. The molecule has 1 aliphatic heterocycles. The first-order valence-electron chi connectivity index (χ1n) is 8.68. The van der Waals surface area contributed by atoms with Crippen LogP contribution in [0.2, 0.25) is 0 Å². The molecule has 0 saturated carbocycles. The van der Waals surface area contributed by atoms with E-state index in [0.717, 1.165) is 0 Å². The van der Waals surface area contributed by atoms with Crippen molar-refractivity contribution >= 4 is 11.8 Å². The molecule has 0 fully saturated rings. The van der Waals surface area contributed by atoms with E-state index in [-0.39, 0.29) is 17.5 Å². The SMILES string of the molecule is CC1=C2OC(=O)c3c(C)cc(O)c(C)c3OC2C(C)CC1=O.CCC. The lowest BCUT2D eigenvalue weighted by Gasteiger charge is -2.29. The van der Waals surface area contributed by atoms with Gasteiger partial charge in [-0.3, -0.25) is 4.79 Å². The Bertz CT molecular complexity index is 745. The van der Waals surface area contributed by atoms with Crippen LogP contribution in [0.25, 0.3) is 0 Å². The summed E-state index contributed by atoms with van der Waals surface area (Å²) in [5, 5.41) is 9.99. The summed E-state index contributed by atoms with van der Waals surface area (Å²) in [5.74, 6) is 0.0335. The molecule has 2 atom stereocenters. The molecule has 2 unspecified atom stereocenters. The van der Waals surface area contributed by atoms with Gasteiger partial charge in [0.15, 0.2) is 17.6 Å². The Labute approximate surface area is 148 Å². The van der Waals surface area contributed by atoms with Gasteiger partial charge in [0.05, 0.1) is 0 Å². The summed E-state index contributed by atoms with van der Waals surface area (Å²) in [5.41, 5.74) is 1.83. The monoisotopic (exact) mass is 346 g/mol. The smallest absolute Gasteiger partial charge is 0.347 e. The normalized spacial score (nSPS) is 22.0. The minimum Gasteiger partial charge on any atom is -0.508 e. The third kappa shape index (κ3) is 3.41. The molecule has 0 bridgehead atoms. The summed E-state index contributed by atoms with van der Waals surface area (Å²) >= 11 is 0. The first-order valence-corrected chi connectivity index (χ1v) is 8.68. The number of esters is 1. The van der Waals surface area contributed by atoms with Crippen molar-refractivity contribution < 1.29 is 24.2 Å². The van der Waals surface area contributed by atoms with Crippen LogP contribution in [-0.4, -0.2) is 23.0 Å². The number of phenols is 1. The van der Waals surface area contributed by atoms with Crippen LogP contribution in [0.3, 0.4) is 0 Å². The largest absolute Gasteiger partial charge is 0.508 e. The van der Waals surface area contributed by atoms with Crippen LogP contribution in [0.4, 0.5) is 0 Å². The highest BCUT2D eigenvalue weighted by molar-refractivity contribution is 6.00. The molecule has 5 nitrogen and oxygen atoms in total. The van der Waals surface area contributed by atoms with E-state index in [0.29, 0.717) is 40.2 Å². The summed E-state index contributed by atoms with van der Waals surface area (Å²) in [4.78, 5) is 24.5. The third-order valence-electron chi connectivity index (χ3n) is 4.42. The second-order valence-corrected chi connectivity index (χ2v) is 6.77. The predicted molar refractivity (Wildman–Crippen MR) is 94.9 cm³/mol. The number of ether oxygens (including phenoxy) is 2. The topological polar surface area (TPSA) is 72.8 Å². The van der Waals surface area contributed by atoms with Gasteiger partial charge in [-0.2, -0.15) is 0 Å². The summed E-state index contributed by atoms with van der Waals surface area (Å²) in [6.45, 7) is 11.2. The number of hydrogen-bond donors (Lipinski definition) is 1. The summed E-state index contributed by atoms with van der Waals surface area (Å²) < 4.78 is 11.5. The van der Waals surface area contributed by atoms with Gasteiger partial charge in [0.1, 0.15) is 17.1 Å². The number of carbonyl (C=O) groups excluding carboxylic acids is 2. The van der Waals surface area contributed by atoms with E-state index in [4.69, 9.17) is 9.47 Å². The number of aromatic hydroxyl groups is 1. The maximum absolute atomic E-state index is 12.5. The highest BCUT2D eigenvalue weighted by Crippen LogP contribution is 2.41. The molecular weight excluding hydrogens is 320 g/mol. The van der Waals surface area contributed by atoms with Gasteiger partial charge in [-0.25, -0.2) is 4.79 Å². The summed E-state index contributed by atoms with van der Waals surface area (Å²) in [6, 6.07) is 1.52. The second kappa shape index (κ2) is 7.30. The van der Waals surface area contributed by atoms with Crippen molar-refractivity contribution in [1.29, 1.82) is 0 Å². The molecule has 0 spiro atoms. The molecule has 1 heterocycles. The van der Waals surface area contributed by atoms with Crippen LogP contribution in [0.15, 0.2) is 17.4 Å². The highest BCUT2D eigenvalue weighted by Gasteiger charge is 2.40. The molecule has 3 rings (SSSR count). The van der Waals surface area contributed by atoms with Crippen molar-refractivity contribution in [3.8, 4) is 11.5 Å². The molecule has 0 amide bonds. The first kappa shape index (κ1) is 19.0. The van der Waals surface area contributed by atoms with Gasteiger partial charge in [0.25, 0.3) is 0 Å². The number of hydrogen-bond acceptors (Lipinski definition) is 5. The molecule has 2 aliphatic rings. The van der Waals surface area contributed by atoms with Crippen LogP contribution >= 0.6 is 0 Å². The van der Waals surface area contributed by atoms with E-state index >= 15 is 0 Å². The Morgan fingerprint density at radius 3 is 2.40 bits per heavy atom. The Balaban J connectivity index is 0.000000701. The molecule has 1 aliphatic carbocycles. The summed E-state index contributed by atoms with van der Waals surface area (Å²) in [6.07, 6.45) is 1.10. The number of phenolic OH excluding ortho intramolecular Hbond substituents is 1. The fourth-order valence-corrected chi connectivity index (χ4v) is 3.01. The third-order valence-corrected chi connectivity index (χ3v) is 4.42. The van der Waals surface area contributed by atoms with Crippen molar-refractivity contribution in [1.82, 2.24) is 0 Å². The van der Waals surface area contributed by atoms with Gasteiger partial charge in [-0.1, -0.05) is 27.2 Å². The molecule has 0 saturated heterocycles. The van der Waals surface area contributed by atoms with Crippen molar-refractivity contribution in [2.75, 3.05) is 0 Å². The quantitative estimate of drug-likeness (QED) is 0.712. The van der Waals surface area contributed by atoms with E-state index in [2.05, 4.69) is 13.8 Å². The zero-order valence-electron chi connectivity index (χ0n) is 15.7. The minimum absolute atomic E-state index is 0.0302. The standard InChI is InChI=1S/C17H18O5.C3H8/c1-7-5-11(18)9(3)15-13(7)17(20)22-16-10(4)12(19)6-8(2)14(16)21-15;1-3-2/h5,8,14,18H,6H2,1-4H3;3H2,1-2H3. The average molecular weight is 346 g/mol. The predicted octanol–water partition coefficient (Wildman–Crippen LogP) is 4.23. The maximum Gasteiger partial charge on any atom is 0.347 e. The number of allylic oxidation sites excluding steroid dienone is 1. The molecule has 0 radical (unpaired) electrons. The van der Waals surface area contributed by atoms with Crippen molar-refractivity contribution in [2.45, 2.75) is 60.5 Å². The van der Waals surface area contributed by atoms with Crippen LogP contribution < -0.4 is 4.74 Å². The molecule has 1 aromatic rings. The molecule has 1 N–H and O–H groups in total. The number of Topliss-reactive ketones (excluding diaryl/α,β-unsaturated/α-hetero) is 1. The maximum atomic E-state index is 12.5. The Morgan fingerprint density at radius 2 is 1.80 bits per heavy atom. The van der Waals surface area contributed by atoms with Crippen LogP contribution in [0.1, 0.15) is 62.0 Å². The van der Waals surface area contributed by atoms with Gasteiger partial charge >= 0.3 is 5.97 Å². The Kier molecular flexibility index (Phi) is 5.55. The fourth-order valence-electron chi connectivity index (χ4n) is 3.01. The van der Waals surface area contributed by atoms with Gasteiger partial charge in [-0.15, -0.1) is 0 Å². The van der Waals surface area contributed by atoms with Gasteiger partial charge in [0, 0.05) is 23.5 Å². The number of ketones is 1. The van der Waals surface area contributed by atoms with E-state index in [9.17, 15) is 14.7 Å². The average Bonchev–Trinajstić information content (AvgIpc) is 2.69. The van der Waals surface area contributed by atoms with Crippen LogP contribution in [-0.2, 0) is 9.53 Å². The molecule has 5 heteroatoms. The first-order chi connectivity index (χ1) is 11.7. The number of aryl methyl sites for hydroxylation is 1. The van der Waals surface area contributed by atoms with Crippen molar-refractivity contribution in [2.24, 2.45) is 5.92 Å². The number of benzene rings is 1. The Hall–Kier alpha value is -2.30. The number of rotatable bonds is 0. The van der Waals surface area contributed by atoms with E-state index in [1.54, 1.807) is 20.8 Å². The van der Waals surface area contributed by atoms with Gasteiger partial charge in [-0.05, 0) is 32.4 Å². The van der Waals surface area contributed by atoms with E-state index < -0.39 is 12.1 Å². The molecule has 25 heavy (non-hydrogen) atoms. The van der Waals surface area contributed by atoms with Crippen LogP contribution in [0.5, 0.6) is 11.5 Å². The zero-order valence-corrected chi connectivity index (χ0v) is 15.7. The van der Waals surface area contributed by atoms with E-state index in [1.165, 1.54) is 12.5 Å². The number of fused-ring (bicyclic) bond motifs is 2. The molecular formula is C20H26O5. The van der Waals surface area contributed by atoms with Crippen molar-refractivity contribution in [3.63, 3.8) is 0 Å². The summed E-state index contributed by atoms with van der Waals surface area (Å²) in [7, 11) is 0. The lowest BCUT2D eigenvalue weighted by molar-refractivity contribution is -0.118. The zero-order chi connectivity index (χ0) is 18.9. The van der Waals surface area contributed by atoms with Crippen molar-refractivity contribution in [3.05, 3.63) is 34.1 Å². The van der Waals surface area contributed by atoms with Gasteiger partial charge in [0.2, 0.25) is 0 Å². The minimum atomic E-state index is -0.547. The van der Waals surface area contributed by atoms with Crippen LogP contribution in [0, 0.1) is 19.8 Å². The number of carbonyl (C=O) groups is 2. The van der Waals surface area contributed by atoms with Gasteiger partial charge < -0.3 is 14.6 Å². The Morgan fingerprint density at radius 1 is 1.20 bits per heavy atom. The molecule has 0 aromatic heterocycles. The fraction of sp³-hybridized carbons (Fsp3) is 0.500. The molecule has 1 aromatic carbocycles.